The maximum Gasteiger partial charge on any atom is 0.266 e. The van der Waals surface area contributed by atoms with Gasteiger partial charge in [0, 0.05) is 4.47 Å². The van der Waals surface area contributed by atoms with Gasteiger partial charge in [0.25, 0.3) is 5.91 Å². The van der Waals surface area contributed by atoms with E-state index in [1.807, 2.05) is 43.3 Å². The maximum absolute atomic E-state index is 12.6. The molecule has 0 aliphatic carbocycles. The molecule has 0 saturated heterocycles. The zero-order chi connectivity index (χ0) is 22.9. The van der Waals surface area contributed by atoms with Gasteiger partial charge in [-0.25, -0.2) is 0 Å². The second kappa shape index (κ2) is 11.4. The lowest BCUT2D eigenvalue weighted by Crippen LogP contribution is -2.13. The van der Waals surface area contributed by atoms with Crippen LogP contribution in [0.2, 0.25) is 5.02 Å². The van der Waals surface area contributed by atoms with Crippen LogP contribution in [0.25, 0.3) is 6.08 Å². The number of nitrogens with zero attached hydrogens (tertiary/aromatic N) is 1. The summed E-state index contributed by atoms with van der Waals surface area (Å²) in [6, 6.07) is 22.1. The van der Waals surface area contributed by atoms with Gasteiger partial charge in [0.05, 0.1) is 17.3 Å². The van der Waals surface area contributed by atoms with Crippen LogP contribution in [0.5, 0.6) is 11.5 Å². The summed E-state index contributed by atoms with van der Waals surface area (Å²) in [5.74, 6) is 0.510. The van der Waals surface area contributed by atoms with Crippen LogP contribution in [0.1, 0.15) is 18.1 Å². The normalized spacial score (nSPS) is 10.9. The molecule has 0 aliphatic heterocycles. The second-order valence-corrected chi connectivity index (χ2v) is 7.89. The Kier molecular flexibility index (Phi) is 8.32. The molecular formula is C25H20BrClN2O3. The summed E-state index contributed by atoms with van der Waals surface area (Å²) in [6.07, 6.45) is 1.49. The number of anilines is 1. The van der Waals surface area contributed by atoms with Gasteiger partial charge in [-0.2, -0.15) is 5.26 Å². The number of carbonyl (C=O) groups excluding carboxylic acids is 1. The van der Waals surface area contributed by atoms with Gasteiger partial charge in [0.1, 0.15) is 18.2 Å². The van der Waals surface area contributed by atoms with Gasteiger partial charge in [0.15, 0.2) is 11.5 Å². The van der Waals surface area contributed by atoms with E-state index < -0.39 is 5.91 Å². The van der Waals surface area contributed by atoms with Crippen LogP contribution in [0.3, 0.4) is 0 Å². The third-order valence-corrected chi connectivity index (χ3v) is 5.40. The summed E-state index contributed by atoms with van der Waals surface area (Å²) >= 11 is 9.60. The average molecular weight is 512 g/mol. The lowest BCUT2D eigenvalue weighted by atomic mass is 10.1. The Bertz CT molecular complexity index is 1170. The van der Waals surface area contributed by atoms with Gasteiger partial charge in [-0.3, -0.25) is 4.79 Å². The smallest absolute Gasteiger partial charge is 0.266 e. The molecule has 0 radical (unpaired) electrons. The highest BCUT2D eigenvalue weighted by Crippen LogP contribution is 2.35. The Morgan fingerprint density at radius 3 is 2.47 bits per heavy atom. The van der Waals surface area contributed by atoms with Crippen LogP contribution < -0.4 is 14.8 Å². The number of hydrogen-bond acceptors (Lipinski definition) is 4. The number of nitrogens with one attached hydrogen (secondary N) is 1. The van der Waals surface area contributed by atoms with Crippen molar-refractivity contribution >= 4 is 45.2 Å². The van der Waals surface area contributed by atoms with E-state index in [-0.39, 0.29) is 5.57 Å². The number of para-hydroxylation sites is 1. The molecule has 162 valence electrons. The summed E-state index contributed by atoms with van der Waals surface area (Å²) in [4.78, 5) is 12.6. The van der Waals surface area contributed by atoms with E-state index in [2.05, 4.69) is 21.2 Å². The number of hydrogen-bond donors (Lipinski definition) is 1. The molecule has 0 fully saturated rings. The van der Waals surface area contributed by atoms with Crippen molar-refractivity contribution in [3.8, 4) is 17.6 Å². The fraction of sp³-hybridized carbons (Fsp3) is 0.120. The predicted octanol–water partition coefficient (Wildman–Crippen LogP) is 6.63. The first-order chi connectivity index (χ1) is 15.5. The Hall–Kier alpha value is -3.27. The van der Waals surface area contributed by atoms with Crippen molar-refractivity contribution in [2.75, 3.05) is 11.9 Å². The second-order valence-electron chi connectivity index (χ2n) is 6.63. The highest BCUT2D eigenvalue weighted by atomic mass is 79.9. The molecule has 3 aromatic rings. The SMILES string of the molecule is CCOc1cc(/C=C(\C#N)C(=O)Nc2ccccc2Cl)c(Br)cc1OCc1ccccc1. The number of rotatable bonds is 8. The van der Waals surface area contributed by atoms with Crippen molar-refractivity contribution in [2.24, 2.45) is 0 Å². The number of ether oxygens (including phenoxy) is 2. The van der Waals surface area contributed by atoms with E-state index in [4.69, 9.17) is 21.1 Å². The van der Waals surface area contributed by atoms with Crippen molar-refractivity contribution in [1.29, 1.82) is 5.26 Å². The van der Waals surface area contributed by atoms with Crippen molar-refractivity contribution in [3.63, 3.8) is 0 Å². The first-order valence-electron chi connectivity index (χ1n) is 9.82. The van der Waals surface area contributed by atoms with Crippen LogP contribution in [-0.2, 0) is 11.4 Å². The fourth-order valence-corrected chi connectivity index (χ4v) is 3.45. The van der Waals surface area contributed by atoms with Gasteiger partial charge >= 0.3 is 0 Å². The molecule has 1 amide bonds. The Morgan fingerprint density at radius 2 is 1.78 bits per heavy atom. The number of carbonyl (C=O) groups is 1. The minimum Gasteiger partial charge on any atom is -0.490 e. The van der Waals surface area contributed by atoms with Crippen LogP contribution in [0.15, 0.2) is 76.8 Å². The molecule has 3 rings (SSSR count). The molecule has 0 heterocycles. The topological polar surface area (TPSA) is 71.3 Å². The molecule has 0 saturated carbocycles. The summed E-state index contributed by atoms with van der Waals surface area (Å²) in [5, 5.41) is 12.6. The third-order valence-electron chi connectivity index (χ3n) is 4.39. The minimum absolute atomic E-state index is 0.0778. The largest absolute Gasteiger partial charge is 0.490 e. The molecule has 7 heteroatoms. The summed E-state index contributed by atoms with van der Waals surface area (Å²) in [6.45, 7) is 2.69. The van der Waals surface area contributed by atoms with E-state index >= 15 is 0 Å². The molecule has 1 N–H and O–H groups in total. The minimum atomic E-state index is -0.560. The van der Waals surface area contributed by atoms with Crippen LogP contribution in [0, 0.1) is 11.3 Å². The first kappa shape index (κ1) is 23.4. The van der Waals surface area contributed by atoms with Gasteiger partial charge in [0.2, 0.25) is 0 Å². The molecule has 0 spiro atoms. The van der Waals surface area contributed by atoms with Crippen LogP contribution >= 0.6 is 27.5 Å². The quantitative estimate of drug-likeness (QED) is 0.272. The monoisotopic (exact) mass is 510 g/mol. The Balaban J connectivity index is 1.86. The summed E-state index contributed by atoms with van der Waals surface area (Å²) in [5.41, 5.74) is 1.98. The zero-order valence-electron chi connectivity index (χ0n) is 17.3. The van der Waals surface area contributed by atoms with E-state index in [0.29, 0.717) is 45.5 Å². The maximum atomic E-state index is 12.6. The summed E-state index contributed by atoms with van der Waals surface area (Å²) < 4.78 is 12.3. The molecule has 32 heavy (non-hydrogen) atoms. The number of nitriles is 1. The molecule has 5 nitrogen and oxygen atoms in total. The number of benzene rings is 3. The lowest BCUT2D eigenvalue weighted by molar-refractivity contribution is -0.112. The highest BCUT2D eigenvalue weighted by molar-refractivity contribution is 9.10. The van der Waals surface area contributed by atoms with Crippen molar-refractivity contribution in [3.05, 3.63) is 92.9 Å². The Morgan fingerprint density at radius 1 is 1.09 bits per heavy atom. The third kappa shape index (κ3) is 6.13. The molecule has 3 aromatic carbocycles. The molecule has 0 unspecified atom stereocenters. The van der Waals surface area contributed by atoms with Gasteiger partial charge in [-0.05, 0) is 48.4 Å². The van der Waals surface area contributed by atoms with Crippen LogP contribution in [-0.4, -0.2) is 12.5 Å². The molecule has 0 aromatic heterocycles. The highest BCUT2D eigenvalue weighted by Gasteiger charge is 2.15. The standard InChI is InChI=1S/C25H20BrClN2O3/c1-2-31-23-13-18(20(26)14-24(23)32-16-17-8-4-3-5-9-17)12-19(15-28)25(30)29-22-11-7-6-10-21(22)27/h3-14H,2,16H2,1H3,(H,29,30)/b19-12+. The van der Waals surface area contributed by atoms with Gasteiger partial charge < -0.3 is 14.8 Å². The van der Waals surface area contributed by atoms with Gasteiger partial charge in [-0.1, -0.05) is 70.0 Å². The number of halogens is 2. The van der Waals surface area contributed by atoms with Crippen molar-refractivity contribution in [2.45, 2.75) is 13.5 Å². The van der Waals surface area contributed by atoms with Gasteiger partial charge in [-0.15, -0.1) is 0 Å². The van der Waals surface area contributed by atoms with E-state index in [1.54, 1.807) is 36.4 Å². The first-order valence-corrected chi connectivity index (χ1v) is 11.0. The fourth-order valence-electron chi connectivity index (χ4n) is 2.83. The van der Waals surface area contributed by atoms with Crippen LogP contribution in [0.4, 0.5) is 5.69 Å². The van der Waals surface area contributed by atoms with E-state index in [1.165, 1.54) is 6.08 Å². The van der Waals surface area contributed by atoms with Crippen molar-refractivity contribution < 1.29 is 14.3 Å². The summed E-state index contributed by atoms with van der Waals surface area (Å²) in [7, 11) is 0. The average Bonchev–Trinajstić information content (AvgIpc) is 2.80. The molecule has 0 aliphatic rings. The zero-order valence-corrected chi connectivity index (χ0v) is 19.6. The van der Waals surface area contributed by atoms with E-state index in [9.17, 15) is 10.1 Å². The van der Waals surface area contributed by atoms with Crippen molar-refractivity contribution in [1.82, 2.24) is 0 Å². The predicted molar refractivity (Wildman–Crippen MR) is 130 cm³/mol. The van der Waals surface area contributed by atoms with E-state index in [0.717, 1.165) is 5.56 Å². The number of amides is 1. The Labute approximate surface area is 200 Å². The molecule has 0 atom stereocenters. The molecule has 0 bridgehead atoms. The lowest BCUT2D eigenvalue weighted by Gasteiger charge is -2.14. The molecular weight excluding hydrogens is 492 g/mol.